The zero-order chi connectivity index (χ0) is 12.3. The van der Waals surface area contributed by atoms with E-state index in [1.54, 1.807) is 12.1 Å². The molecule has 90 valence electrons. The molecule has 0 bridgehead atoms. The third-order valence-electron chi connectivity index (χ3n) is 2.82. The lowest BCUT2D eigenvalue weighted by atomic mass is 10.2. The van der Waals surface area contributed by atoms with Gasteiger partial charge in [0.1, 0.15) is 0 Å². The molecule has 0 atom stereocenters. The number of rotatable bonds is 5. The second-order valence-corrected chi connectivity index (χ2v) is 4.34. The van der Waals surface area contributed by atoms with Gasteiger partial charge in [-0.15, -0.1) is 0 Å². The van der Waals surface area contributed by atoms with Crippen molar-refractivity contribution in [3.63, 3.8) is 0 Å². The second kappa shape index (κ2) is 4.95. The number of carbonyl (C=O) groups is 1. The van der Waals surface area contributed by atoms with Gasteiger partial charge in [0.05, 0.1) is 4.92 Å². The standard InChI is InChI=1S/C12H14N2O3/c15-12(7-6-9-4-5-9)13-10-2-1-3-11(8-10)14(16)17/h1-3,8-9H,4-7H2,(H,13,15). The van der Waals surface area contributed by atoms with E-state index in [0.717, 1.165) is 6.42 Å². The van der Waals surface area contributed by atoms with Crippen LogP contribution in [0.1, 0.15) is 25.7 Å². The smallest absolute Gasteiger partial charge is 0.271 e. The van der Waals surface area contributed by atoms with Crippen molar-refractivity contribution in [2.75, 3.05) is 5.32 Å². The van der Waals surface area contributed by atoms with E-state index in [4.69, 9.17) is 0 Å². The Balaban J connectivity index is 1.90. The topological polar surface area (TPSA) is 72.2 Å². The van der Waals surface area contributed by atoms with E-state index in [-0.39, 0.29) is 11.6 Å². The lowest BCUT2D eigenvalue weighted by molar-refractivity contribution is -0.384. The zero-order valence-corrected chi connectivity index (χ0v) is 9.39. The van der Waals surface area contributed by atoms with Crippen LogP contribution in [0.5, 0.6) is 0 Å². The van der Waals surface area contributed by atoms with Gasteiger partial charge in [-0.25, -0.2) is 0 Å². The van der Waals surface area contributed by atoms with Crippen LogP contribution in [0.3, 0.4) is 0 Å². The van der Waals surface area contributed by atoms with Crippen molar-refractivity contribution in [1.29, 1.82) is 0 Å². The number of nitrogens with one attached hydrogen (secondary N) is 1. The largest absolute Gasteiger partial charge is 0.326 e. The van der Waals surface area contributed by atoms with Gasteiger partial charge in [0, 0.05) is 24.2 Å². The average molecular weight is 234 g/mol. The maximum Gasteiger partial charge on any atom is 0.271 e. The van der Waals surface area contributed by atoms with Crippen LogP contribution in [0.4, 0.5) is 11.4 Å². The minimum absolute atomic E-state index is 0.00927. The SMILES string of the molecule is O=C(CCC1CC1)Nc1cccc([N+](=O)[O-])c1. The number of nitro benzene ring substituents is 1. The van der Waals surface area contributed by atoms with Crippen molar-refractivity contribution in [2.45, 2.75) is 25.7 Å². The molecule has 0 radical (unpaired) electrons. The number of amides is 1. The first-order chi connectivity index (χ1) is 8.15. The number of nitro groups is 1. The van der Waals surface area contributed by atoms with Crippen LogP contribution < -0.4 is 5.32 Å². The Bertz CT molecular complexity index is 441. The summed E-state index contributed by atoms with van der Waals surface area (Å²) >= 11 is 0. The molecule has 1 fully saturated rings. The van der Waals surface area contributed by atoms with E-state index in [9.17, 15) is 14.9 Å². The molecule has 0 heterocycles. The fraction of sp³-hybridized carbons (Fsp3) is 0.417. The van der Waals surface area contributed by atoms with Crippen LogP contribution in [0, 0.1) is 16.0 Å². The van der Waals surface area contributed by atoms with E-state index in [1.165, 1.54) is 25.0 Å². The van der Waals surface area contributed by atoms with Crippen molar-refractivity contribution in [2.24, 2.45) is 5.92 Å². The average Bonchev–Trinajstić information content (AvgIpc) is 3.10. The third-order valence-corrected chi connectivity index (χ3v) is 2.82. The lowest BCUT2D eigenvalue weighted by Crippen LogP contribution is -2.11. The molecule has 0 aromatic heterocycles. The minimum atomic E-state index is -0.472. The Morgan fingerprint density at radius 1 is 1.47 bits per heavy atom. The Kier molecular flexibility index (Phi) is 3.37. The number of hydrogen-bond donors (Lipinski definition) is 1. The summed E-state index contributed by atoms with van der Waals surface area (Å²) in [5.74, 6) is 0.642. The maximum absolute atomic E-state index is 11.5. The molecule has 1 aromatic carbocycles. The molecule has 1 saturated carbocycles. The normalized spacial score (nSPS) is 14.4. The number of carbonyl (C=O) groups excluding carboxylic acids is 1. The van der Waals surface area contributed by atoms with Crippen LogP contribution >= 0.6 is 0 Å². The number of benzene rings is 1. The van der Waals surface area contributed by atoms with Gasteiger partial charge in [-0.1, -0.05) is 18.9 Å². The van der Waals surface area contributed by atoms with Crippen LogP contribution in [0.25, 0.3) is 0 Å². The maximum atomic E-state index is 11.5. The Labute approximate surface area is 99.0 Å². The zero-order valence-electron chi connectivity index (χ0n) is 9.39. The van der Waals surface area contributed by atoms with Crippen molar-refractivity contribution < 1.29 is 9.72 Å². The van der Waals surface area contributed by atoms with E-state index in [0.29, 0.717) is 18.0 Å². The third kappa shape index (κ3) is 3.55. The number of nitrogens with zero attached hydrogens (tertiary/aromatic N) is 1. The van der Waals surface area contributed by atoms with Gasteiger partial charge in [0.2, 0.25) is 5.91 Å². The highest BCUT2D eigenvalue weighted by molar-refractivity contribution is 5.90. The highest BCUT2D eigenvalue weighted by Gasteiger charge is 2.21. The summed E-state index contributed by atoms with van der Waals surface area (Å²) in [4.78, 5) is 21.6. The summed E-state index contributed by atoms with van der Waals surface area (Å²) < 4.78 is 0. The van der Waals surface area contributed by atoms with Gasteiger partial charge in [-0.2, -0.15) is 0 Å². The summed E-state index contributed by atoms with van der Waals surface area (Å²) in [5, 5.41) is 13.2. The molecular weight excluding hydrogens is 220 g/mol. The summed E-state index contributed by atoms with van der Waals surface area (Å²) in [5.41, 5.74) is 0.477. The molecule has 0 unspecified atom stereocenters. The van der Waals surface area contributed by atoms with Gasteiger partial charge in [0.25, 0.3) is 5.69 Å². The predicted octanol–water partition coefficient (Wildman–Crippen LogP) is 2.72. The Morgan fingerprint density at radius 3 is 2.88 bits per heavy atom. The van der Waals surface area contributed by atoms with Crippen LogP contribution in [-0.2, 0) is 4.79 Å². The lowest BCUT2D eigenvalue weighted by Gasteiger charge is -2.04. The Morgan fingerprint density at radius 2 is 2.24 bits per heavy atom. The first-order valence-corrected chi connectivity index (χ1v) is 5.69. The molecule has 2 rings (SSSR count). The quantitative estimate of drug-likeness (QED) is 0.628. The summed E-state index contributed by atoms with van der Waals surface area (Å²) in [6, 6.07) is 5.99. The molecule has 0 saturated heterocycles. The van der Waals surface area contributed by atoms with Gasteiger partial charge in [-0.3, -0.25) is 14.9 Å². The molecule has 1 N–H and O–H groups in total. The molecule has 1 amide bonds. The molecule has 1 aliphatic carbocycles. The first kappa shape index (κ1) is 11.6. The van der Waals surface area contributed by atoms with E-state index >= 15 is 0 Å². The number of hydrogen-bond acceptors (Lipinski definition) is 3. The van der Waals surface area contributed by atoms with Crippen LogP contribution in [-0.4, -0.2) is 10.8 Å². The Hall–Kier alpha value is -1.91. The van der Waals surface area contributed by atoms with Crippen molar-refractivity contribution >= 4 is 17.3 Å². The minimum Gasteiger partial charge on any atom is -0.326 e. The summed E-state index contributed by atoms with van der Waals surface area (Å²) in [6.45, 7) is 0. The van der Waals surface area contributed by atoms with Gasteiger partial charge >= 0.3 is 0 Å². The molecular formula is C12H14N2O3. The molecule has 1 aromatic rings. The monoisotopic (exact) mass is 234 g/mol. The number of non-ortho nitro benzene ring substituents is 1. The molecule has 5 nitrogen and oxygen atoms in total. The fourth-order valence-corrected chi connectivity index (χ4v) is 1.66. The van der Waals surface area contributed by atoms with E-state index < -0.39 is 4.92 Å². The first-order valence-electron chi connectivity index (χ1n) is 5.69. The molecule has 1 aliphatic rings. The summed E-state index contributed by atoms with van der Waals surface area (Å²) in [7, 11) is 0. The van der Waals surface area contributed by atoms with Crippen molar-refractivity contribution in [3.8, 4) is 0 Å². The van der Waals surface area contributed by atoms with Crippen LogP contribution in [0.2, 0.25) is 0 Å². The molecule has 0 spiro atoms. The molecule has 17 heavy (non-hydrogen) atoms. The fourth-order valence-electron chi connectivity index (χ4n) is 1.66. The van der Waals surface area contributed by atoms with Crippen molar-refractivity contribution in [1.82, 2.24) is 0 Å². The molecule has 0 aliphatic heterocycles. The summed E-state index contributed by atoms with van der Waals surface area (Å²) in [6.07, 6.45) is 3.86. The number of anilines is 1. The van der Waals surface area contributed by atoms with Gasteiger partial charge < -0.3 is 5.32 Å². The molecule has 5 heteroatoms. The van der Waals surface area contributed by atoms with Crippen molar-refractivity contribution in [3.05, 3.63) is 34.4 Å². The van der Waals surface area contributed by atoms with E-state index in [1.807, 2.05) is 0 Å². The predicted molar refractivity (Wildman–Crippen MR) is 63.7 cm³/mol. The van der Waals surface area contributed by atoms with Gasteiger partial charge in [0.15, 0.2) is 0 Å². The second-order valence-electron chi connectivity index (χ2n) is 4.34. The van der Waals surface area contributed by atoms with Crippen LogP contribution in [0.15, 0.2) is 24.3 Å². The van der Waals surface area contributed by atoms with Gasteiger partial charge in [-0.05, 0) is 18.4 Å². The highest BCUT2D eigenvalue weighted by atomic mass is 16.6. The van der Waals surface area contributed by atoms with E-state index in [2.05, 4.69) is 5.32 Å². The highest BCUT2D eigenvalue weighted by Crippen LogP contribution is 2.33.